The average Bonchev–Trinajstić information content (AvgIpc) is 3.31. The SMILES string of the molecule is Cc1cc(C)c2c(c1)C(N(Cc1cc(C(F)(F)F)cc(C(F)(F)F)c1)c1nnn(C)n1)CC[C@@H](Cc1ccccc1)N2C(=O)O. The van der Waals surface area contributed by atoms with Gasteiger partial charge in [0.25, 0.3) is 5.95 Å². The Morgan fingerprint density at radius 1 is 0.933 bits per heavy atom. The number of fused-ring (bicyclic) bond motifs is 1. The predicted octanol–water partition coefficient (Wildman–Crippen LogP) is 7.50. The van der Waals surface area contributed by atoms with Crippen molar-refractivity contribution in [3.05, 3.63) is 99.6 Å². The number of aromatic nitrogens is 4. The molecule has 8 nitrogen and oxygen atoms in total. The number of tetrazole rings is 1. The number of aryl methyl sites for hydroxylation is 3. The zero-order chi connectivity index (χ0) is 32.7. The molecule has 2 atom stereocenters. The molecular formula is C31H30F6N6O2. The molecule has 0 fully saturated rings. The monoisotopic (exact) mass is 632 g/mol. The highest BCUT2D eigenvalue weighted by atomic mass is 19.4. The predicted molar refractivity (Wildman–Crippen MR) is 154 cm³/mol. The Bertz CT molecular complexity index is 1660. The van der Waals surface area contributed by atoms with E-state index in [4.69, 9.17) is 0 Å². The van der Waals surface area contributed by atoms with E-state index in [0.717, 1.165) is 15.9 Å². The molecule has 1 amide bonds. The molecule has 0 saturated carbocycles. The number of anilines is 2. The second-order valence-electron chi connectivity index (χ2n) is 11.2. The number of hydrogen-bond donors (Lipinski definition) is 1. The average molecular weight is 633 g/mol. The van der Waals surface area contributed by atoms with Crippen molar-refractivity contribution in [3.8, 4) is 0 Å². The van der Waals surface area contributed by atoms with Crippen molar-refractivity contribution in [2.45, 2.75) is 64.1 Å². The molecule has 5 rings (SSSR count). The van der Waals surface area contributed by atoms with Gasteiger partial charge in [0, 0.05) is 12.6 Å². The number of carbonyl (C=O) groups is 1. The molecule has 238 valence electrons. The third-order valence-electron chi connectivity index (χ3n) is 7.86. The summed E-state index contributed by atoms with van der Waals surface area (Å²) in [7, 11) is 1.48. The summed E-state index contributed by atoms with van der Waals surface area (Å²) in [5.74, 6) is -0.0260. The van der Waals surface area contributed by atoms with Crippen molar-refractivity contribution in [1.82, 2.24) is 20.2 Å². The normalized spacial score (nSPS) is 17.1. The molecule has 0 saturated heterocycles. The van der Waals surface area contributed by atoms with Gasteiger partial charge < -0.3 is 10.0 Å². The van der Waals surface area contributed by atoms with Crippen LogP contribution in [-0.4, -0.2) is 37.4 Å². The van der Waals surface area contributed by atoms with Crippen LogP contribution in [-0.2, 0) is 32.4 Å². The number of carboxylic acid groups (broad SMARTS) is 1. The number of amides is 1. The lowest BCUT2D eigenvalue weighted by Gasteiger charge is -2.33. The Balaban J connectivity index is 1.67. The first-order valence-corrected chi connectivity index (χ1v) is 14.1. The van der Waals surface area contributed by atoms with E-state index in [1.165, 1.54) is 16.8 Å². The van der Waals surface area contributed by atoms with Crippen molar-refractivity contribution >= 4 is 17.7 Å². The molecule has 1 aromatic heterocycles. The van der Waals surface area contributed by atoms with Gasteiger partial charge in [-0.25, -0.2) is 4.79 Å². The lowest BCUT2D eigenvalue weighted by molar-refractivity contribution is -0.143. The van der Waals surface area contributed by atoms with E-state index in [1.807, 2.05) is 43.3 Å². The molecule has 0 bridgehead atoms. The molecule has 1 aliphatic rings. The lowest BCUT2D eigenvalue weighted by atomic mass is 9.94. The van der Waals surface area contributed by atoms with Crippen LogP contribution in [0, 0.1) is 13.8 Å². The first-order chi connectivity index (χ1) is 21.1. The molecule has 1 unspecified atom stereocenters. The third-order valence-corrected chi connectivity index (χ3v) is 7.86. The van der Waals surface area contributed by atoms with Crippen LogP contribution in [0.2, 0.25) is 0 Å². The summed E-state index contributed by atoms with van der Waals surface area (Å²) in [6.07, 6.45) is -10.2. The van der Waals surface area contributed by atoms with Crippen molar-refractivity contribution in [2.24, 2.45) is 7.05 Å². The van der Waals surface area contributed by atoms with E-state index in [2.05, 4.69) is 15.4 Å². The summed E-state index contributed by atoms with van der Waals surface area (Å²) >= 11 is 0. The van der Waals surface area contributed by atoms with Crippen LogP contribution < -0.4 is 9.80 Å². The number of hydrogen-bond acceptors (Lipinski definition) is 5. The Morgan fingerprint density at radius 2 is 1.58 bits per heavy atom. The molecular weight excluding hydrogens is 602 g/mol. The van der Waals surface area contributed by atoms with Crippen LogP contribution in [0.3, 0.4) is 0 Å². The number of nitrogens with zero attached hydrogens (tertiary/aromatic N) is 6. The minimum Gasteiger partial charge on any atom is -0.465 e. The van der Waals surface area contributed by atoms with Gasteiger partial charge in [-0.2, -0.15) is 31.1 Å². The smallest absolute Gasteiger partial charge is 0.416 e. The number of alkyl halides is 6. The van der Waals surface area contributed by atoms with Crippen molar-refractivity contribution < 1.29 is 36.2 Å². The minimum absolute atomic E-state index is 0.0260. The summed E-state index contributed by atoms with van der Waals surface area (Å²) in [6, 6.07) is 13.2. The molecule has 0 radical (unpaired) electrons. The molecule has 2 heterocycles. The summed E-state index contributed by atoms with van der Waals surface area (Å²) in [5.41, 5.74) is 0.174. The largest absolute Gasteiger partial charge is 0.465 e. The Hall–Kier alpha value is -4.62. The zero-order valence-corrected chi connectivity index (χ0v) is 24.6. The molecule has 14 heteroatoms. The topological polar surface area (TPSA) is 87.4 Å². The molecule has 4 aromatic rings. The van der Waals surface area contributed by atoms with Gasteiger partial charge in [-0.3, -0.25) is 4.90 Å². The second kappa shape index (κ2) is 12.1. The fourth-order valence-corrected chi connectivity index (χ4v) is 6.07. The van der Waals surface area contributed by atoms with E-state index in [0.29, 0.717) is 48.2 Å². The van der Waals surface area contributed by atoms with E-state index in [1.54, 1.807) is 13.0 Å². The molecule has 0 spiro atoms. The Labute approximate surface area is 254 Å². The molecule has 1 aliphatic heterocycles. The van der Waals surface area contributed by atoms with Gasteiger partial charge >= 0.3 is 18.4 Å². The fraction of sp³-hybridized carbons (Fsp3) is 0.355. The highest BCUT2D eigenvalue weighted by molar-refractivity contribution is 5.90. The van der Waals surface area contributed by atoms with Gasteiger partial charge in [0.05, 0.1) is 29.9 Å². The fourth-order valence-electron chi connectivity index (χ4n) is 6.07. The highest BCUT2D eigenvalue weighted by Crippen LogP contribution is 2.44. The first-order valence-electron chi connectivity index (χ1n) is 14.1. The highest BCUT2D eigenvalue weighted by Gasteiger charge is 2.40. The summed E-state index contributed by atoms with van der Waals surface area (Å²) in [6.45, 7) is 3.17. The molecule has 3 aromatic carbocycles. The van der Waals surface area contributed by atoms with Gasteiger partial charge in [-0.05, 0) is 78.8 Å². The maximum Gasteiger partial charge on any atom is 0.416 e. The maximum atomic E-state index is 13.8. The zero-order valence-electron chi connectivity index (χ0n) is 24.6. The van der Waals surface area contributed by atoms with Gasteiger partial charge in [0.1, 0.15) is 0 Å². The van der Waals surface area contributed by atoms with Crippen molar-refractivity contribution in [2.75, 3.05) is 9.80 Å². The summed E-state index contributed by atoms with van der Waals surface area (Å²) in [4.78, 5) is 16.8. The Kier molecular flexibility index (Phi) is 8.51. The van der Waals surface area contributed by atoms with E-state index in [9.17, 15) is 36.2 Å². The third kappa shape index (κ3) is 6.89. The van der Waals surface area contributed by atoms with Gasteiger partial charge in [-0.15, -0.1) is 5.10 Å². The number of rotatable bonds is 6. The van der Waals surface area contributed by atoms with Crippen molar-refractivity contribution in [1.29, 1.82) is 0 Å². The van der Waals surface area contributed by atoms with Crippen LogP contribution in [0.25, 0.3) is 0 Å². The van der Waals surface area contributed by atoms with E-state index >= 15 is 0 Å². The second-order valence-corrected chi connectivity index (χ2v) is 11.2. The molecule has 45 heavy (non-hydrogen) atoms. The quantitative estimate of drug-likeness (QED) is 0.222. The minimum atomic E-state index is -5.03. The summed E-state index contributed by atoms with van der Waals surface area (Å²) < 4.78 is 82.5. The van der Waals surface area contributed by atoms with Gasteiger partial charge in [0.15, 0.2) is 0 Å². The van der Waals surface area contributed by atoms with Gasteiger partial charge in [-0.1, -0.05) is 53.1 Å². The maximum absolute atomic E-state index is 13.8. The van der Waals surface area contributed by atoms with Crippen LogP contribution in [0.15, 0.2) is 60.7 Å². The number of halogens is 6. The standard InChI is InChI=1S/C31H30F6N6O2/c1-18-11-19(2)27-25(12-18)26(10-9-24(43(27)29(44)45)15-20-7-5-4-6-8-20)42(28-38-40-41(3)39-28)17-21-13-22(30(32,33)34)16-23(14-21)31(35,36)37/h4-8,11-14,16,24,26H,9-10,15,17H2,1-3H3,(H,44,45)/t24-,26?/m0/s1. The van der Waals surface area contributed by atoms with E-state index in [-0.39, 0.29) is 17.6 Å². The van der Waals surface area contributed by atoms with Crippen molar-refractivity contribution in [3.63, 3.8) is 0 Å². The first kappa shape index (κ1) is 31.8. The molecule has 1 N–H and O–H groups in total. The van der Waals surface area contributed by atoms with Crippen LogP contribution in [0.5, 0.6) is 0 Å². The number of benzene rings is 3. The Morgan fingerprint density at radius 3 is 2.13 bits per heavy atom. The lowest BCUT2D eigenvalue weighted by Crippen LogP contribution is -2.41. The van der Waals surface area contributed by atoms with E-state index < -0.39 is 48.2 Å². The van der Waals surface area contributed by atoms with Crippen LogP contribution >= 0.6 is 0 Å². The van der Waals surface area contributed by atoms with Crippen LogP contribution in [0.1, 0.15) is 57.8 Å². The summed E-state index contributed by atoms with van der Waals surface area (Å²) in [5, 5.41) is 22.7. The van der Waals surface area contributed by atoms with Crippen LogP contribution in [0.4, 0.5) is 42.8 Å². The van der Waals surface area contributed by atoms with Gasteiger partial charge in [0.2, 0.25) is 0 Å². The molecule has 0 aliphatic carbocycles.